The molecule has 152 valence electrons. The fourth-order valence-electron chi connectivity index (χ4n) is 2.54. The third kappa shape index (κ3) is 4.37. The monoisotopic (exact) mass is 412 g/mol. The van der Waals surface area contributed by atoms with Gasteiger partial charge in [0.25, 0.3) is 6.08 Å². The number of rotatable bonds is 5. The van der Waals surface area contributed by atoms with E-state index in [0.29, 0.717) is 11.1 Å². The lowest BCUT2D eigenvalue weighted by Crippen LogP contribution is -2.19. The number of aromatic nitrogens is 5. The van der Waals surface area contributed by atoms with Crippen LogP contribution in [0.5, 0.6) is 0 Å². The van der Waals surface area contributed by atoms with Gasteiger partial charge in [0.1, 0.15) is 17.3 Å². The lowest BCUT2D eigenvalue weighted by molar-refractivity contribution is -0.141. The molecule has 0 spiro atoms. The largest absolute Gasteiger partial charge is 0.433 e. The van der Waals surface area contributed by atoms with E-state index in [1.165, 1.54) is 24.4 Å². The van der Waals surface area contributed by atoms with Crippen molar-refractivity contribution >= 4 is 0 Å². The molecule has 0 saturated carbocycles. The Bertz CT molecular complexity index is 1100. The number of aromatic amines is 1. The van der Waals surface area contributed by atoms with Crippen LogP contribution in [0.4, 0.5) is 22.0 Å². The molecule has 0 unspecified atom stereocenters. The van der Waals surface area contributed by atoms with Gasteiger partial charge in [0.2, 0.25) is 0 Å². The molecular formula is C17H13F5N6O. The summed E-state index contributed by atoms with van der Waals surface area (Å²) in [5.41, 5.74) is 3.90. The van der Waals surface area contributed by atoms with Crippen molar-refractivity contribution in [1.29, 1.82) is 0 Å². The van der Waals surface area contributed by atoms with Gasteiger partial charge in [-0.25, -0.2) is 19.4 Å². The summed E-state index contributed by atoms with van der Waals surface area (Å²) in [4.78, 5) is 19.5. The van der Waals surface area contributed by atoms with Gasteiger partial charge in [-0.2, -0.15) is 27.1 Å². The maximum atomic E-state index is 12.9. The highest BCUT2D eigenvalue weighted by molar-refractivity contribution is 5.64. The summed E-state index contributed by atoms with van der Waals surface area (Å²) in [6, 6.07) is 4.96. The van der Waals surface area contributed by atoms with Crippen molar-refractivity contribution in [3.8, 4) is 16.9 Å². The highest BCUT2D eigenvalue weighted by Crippen LogP contribution is 2.29. The first-order valence-corrected chi connectivity index (χ1v) is 8.10. The molecule has 0 aliphatic carbocycles. The lowest BCUT2D eigenvalue weighted by Gasteiger charge is -2.09. The van der Waals surface area contributed by atoms with Crippen molar-refractivity contribution in [2.45, 2.75) is 12.6 Å². The predicted molar refractivity (Wildman–Crippen MR) is 92.2 cm³/mol. The van der Waals surface area contributed by atoms with Crippen LogP contribution >= 0.6 is 0 Å². The van der Waals surface area contributed by atoms with Crippen molar-refractivity contribution in [2.75, 3.05) is 6.54 Å². The van der Waals surface area contributed by atoms with E-state index < -0.39 is 35.8 Å². The van der Waals surface area contributed by atoms with E-state index in [-0.39, 0.29) is 18.1 Å². The zero-order chi connectivity index (χ0) is 21.2. The van der Waals surface area contributed by atoms with E-state index >= 15 is 0 Å². The summed E-state index contributed by atoms with van der Waals surface area (Å²) in [5, 5.41) is 5.89. The molecule has 0 aliphatic heterocycles. The van der Waals surface area contributed by atoms with Crippen LogP contribution in [0.2, 0.25) is 0 Å². The molecule has 0 bridgehead atoms. The smallest absolute Gasteiger partial charge is 0.327 e. The first kappa shape index (κ1) is 20.3. The van der Waals surface area contributed by atoms with E-state index in [0.717, 1.165) is 16.8 Å². The molecule has 0 aromatic carbocycles. The van der Waals surface area contributed by atoms with E-state index in [1.807, 2.05) is 0 Å². The summed E-state index contributed by atoms with van der Waals surface area (Å²) in [5.74, 6) is 0.00484. The van der Waals surface area contributed by atoms with Crippen molar-refractivity contribution in [3.63, 3.8) is 0 Å². The maximum Gasteiger partial charge on any atom is 0.433 e. The molecule has 0 saturated heterocycles. The first-order valence-electron chi connectivity index (χ1n) is 8.10. The molecule has 3 rings (SSSR count). The second kappa shape index (κ2) is 7.91. The molecule has 3 aromatic heterocycles. The Hall–Kier alpha value is -3.41. The van der Waals surface area contributed by atoms with E-state index in [9.17, 15) is 26.7 Å². The average Bonchev–Trinajstić information content (AvgIpc) is 3.05. The molecule has 3 N–H and O–H groups in total. The second-order valence-corrected chi connectivity index (χ2v) is 5.86. The second-order valence-electron chi connectivity index (χ2n) is 5.86. The summed E-state index contributed by atoms with van der Waals surface area (Å²) in [7, 11) is 0. The first-order chi connectivity index (χ1) is 13.7. The molecule has 7 nitrogen and oxygen atoms in total. The minimum Gasteiger partial charge on any atom is -0.327 e. The minimum absolute atomic E-state index is 0.0431. The molecule has 0 aliphatic rings. The van der Waals surface area contributed by atoms with Crippen molar-refractivity contribution in [2.24, 2.45) is 5.73 Å². The van der Waals surface area contributed by atoms with Gasteiger partial charge in [0, 0.05) is 36.5 Å². The number of nitrogens with zero attached hydrogens (tertiary/aromatic N) is 4. The number of halogens is 5. The van der Waals surface area contributed by atoms with Crippen LogP contribution in [0, 0.1) is 0 Å². The van der Waals surface area contributed by atoms with Gasteiger partial charge in [0.15, 0.2) is 0 Å². The summed E-state index contributed by atoms with van der Waals surface area (Å²) >= 11 is 0. The number of hydrogen-bond donors (Lipinski definition) is 2. The molecule has 3 aromatic rings. The SMILES string of the molecule is NCC(Cc1n[nH]c(=O)n1-c1cc(-c2ccc(C(F)(F)F)nc2)ccn1)=C(F)F. The summed E-state index contributed by atoms with van der Waals surface area (Å²) in [6.45, 7) is -0.423. The van der Waals surface area contributed by atoms with Crippen LogP contribution in [0.1, 0.15) is 11.5 Å². The molecule has 0 radical (unpaired) electrons. The van der Waals surface area contributed by atoms with Gasteiger partial charge in [-0.05, 0) is 23.8 Å². The maximum absolute atomic E-state index is 12.9. The standard InChI is InChI=1S/C17H13F5N6O/c18-15(19)11(7-23)6-14-26-27-16(29)28(14)13-5-9(3-4-24-13)10-1-2-12(25-8-10)17(20,21)22/h1-5,8H,6-7,23H2,(H,27,29). The molecule has 3 heterocycles. The average molecular weight is 412 g/mol. The molecule has 12 heteroatoms. The number of alkyl halides is 3. The van der Waals surface area contributed by atoms with Crippen LogP contribution in [0.15, 0.2) is 53.1 Å². The highest BCUT2D eigenvalue weighted by Gasteiger charge is 2.32. The Labute approximate surface area is 159 Å². The highest BCUT2D eigenvalue weighted by atomic mass is 19.4. The molecule has 29 heavy (non-hydrogen) atoms. The summed E-state index contributed by atoms with van der Waals surface area (Å²) < 4.78 is 64.8. The number of nitrogens with two attached hydrogens (primary N) is 1. The third-order valence-electron chi connectivity index (χ3n) is 3.99. The van der Waals surface area contributed by atoms with Crippen LogP contribution in [-0.2, 0) is 12.6 Å². The zero-order valence-corrected chi connectivity index (χ0v) is 14.5. The Morgan fingerprint density at radius 1 is 1.14 bits per heavy atom. The Kier molecular flexibility index (Phi) is 5.55. The topological polar surface area (TPSA) is 102 Å². The van der Waals surface area contributed by atoms with E-state index in [1.54, 1.807) is 0 Å². The fourth-order valence-corrected chi connectivity index (χ4v) is 2.54. The van der Waals surface area contributed by atoms with E-state index in [2.05, 4.69) is 20.2 Å². The van der Waals surface area contributed by atoms with Crippen molar-refractivity contribution in [1.82, 2.24) is 24.7 Å². The van der Waals surface area contributed by atoms with Crippen molar-refractivity contribution in [3.05, 3.63) is 70.3 Å². The molecule has 0 atom stereocenters. The Morgan fingerprint density at radius 3 is 2.48 bits per heavy atom. The van der Waals surface area contributed by atoms with Crippen LogP contribution < -0.4 is 11.4 Å². The van der Waals surface area contributed by atoms with Crippen molar-refractivity contribution < 1.29 is 22.0 Å². The Morgan fingerprint density at radius 2 is 1.90 bits per heavy atom. The molecule has 0 fully saturated rings. The fraction of sp³-hybridized carbons (Fsp3) is 0.176. The number of pyridine rings is 2. The molecular weight excluding hydrogens is 399 g/mol. The van der Waals surface area contributed by atoms with Gasteiger partial charge >= 0.3 is 11.9 Å². The minimum atomic E-state index is -4.57. The van der Waals surface area contributed by atoms with Crippen LogP contribution in [0.3, 0.4) is 0 Å². The number of nitrogens with one attached hydrogen (secondary N) is 1. The quantitative estimate of drug-likeness (QED) is 0.628. The van der Waals surface area contributed by atoms with E-state index in [4.69, 9.17) is 5.73 Å². The summed E-state index contributed by atoms with van der Waals surface area (Å²) in [6.07, 6.45) is -4.56. The Balaban J connectivity index is 2.00. The van der Waals surface area contributed by atoms with Gasteiger partial charge in [0.05, 0.1) is 0 Å². The lowest BCUT2D eigenvalue weighted by atomic mass is 10.1. The van der Waals surface area contributed by atoms with Crippen LogP contribution in [-0.4, -0.2) is 31.3 Å². The predicted octanol–water partition coefficient (Wildman–Crippen LogP) is 2.69. The third-order valence-corrected chi connectivity index (χ3v) is 3.99. The number of H-pyrrole nitrogens is 1. The van der Waals surface area contributed by atoms with Gasteiger partial charge < -0.3 is 5.73 Å². The number of hydrogen-bond acceptors (Lipinski definition) is 5. The van der Waals surface area contributed by atoms with Crippen LogP contribution in [0.25, 0.3) is 16.9 Å². The van der Waals surface area contributed by atoms with Gasteiger partial charge in [-0.15, -0.1) is 0 Å². The van der Waals surface area contributed by atoms with Gasteiger partial charge in [-0.1, -0.05) is 6.07 Å². The normalized spacial score (nSPS) is 11.5. The zero-order valence-electron chi connectivity index (χ0n) is 14.5. The molecule has 0 amide bonds. The van der Waals surface area contributed by atoms with Gasteiger partial charge in [-0.3, -0.25) is 4.98 Å².